The Kier molecular flexibility index (Phi) is 2.57. The summed E-state index contributed by atoms with van der Waals surface area (Å²) in [4.78, 5) is 11.8. The van der Waals surface area contributed by atoms with Gasteiger partial charge in [-0.15, -0.1) is 11.3 Å². The first kappa shape index (κ1) is 12.2. The molecule has 0 aliphatic rings. The van der Waals surface area contributed by atoms with Crippen molar-refractivity contribution in [1.29, 1.82) is 0 Å². The molecule has 0 aliphatic heterocycles. The third-order valence-corrected chi connectivity index (χ3v) is 3.89. The molecule has 2 aromatic heterocycles. The van der Waals surface area contributed by atoms with Crippen LogP contribution in [0.4, 0.5) is 13.2 Å². The highest BCUT2D eigenvalue weighted by Crippen LogP contribution is 2.39. The van der Waals surface area contributed by atoms with Crippen LogP contribution in [-0.2, 0) is 13.2 Å². The summed E-state index contributed by atoms with van der Waals surface area (Å²) in [6.07, 6.45) is -4.49. The van der Waals surface area contributed by atoms with Crippen molar-refractivity contribution in [2.75, 3.05) is 0 Å². The summed E-state index contributed by atoms with van der Waals surface area (Å²) in [5, 5.41) is 1.64. The molecule has 0 saturated heterocycles. The molecule has 0 spiro atoms. The van der Waals surface area contributed by atoms with Crippen molar-refractivity contribution in [3.05, 3.63) is 32.4 Å². The fourth-order valence-corrected chi connectivity index (χ4v) is 3.21. The maximum Gasteiger partial charge on any atom is 0.418 e. The lowest BCUT2D eigenvalue weighted by atomic mass is 10.1. The van der Waals surface area contributed by atoms with Crippen molar-refractivity contribution in [3.8, 4) is 0 Å². The van der Waals surface area contributed by atoms with Crippen LogP contribution in [0.2, 0.25) is 0 Å². The zero-order valence-electron chi connectivity index (χ0n) is 9.47. The Balaban J connectivity index is 3.08. The van der Waals surface area contributed by atoms with Gasteiger partial charge in [0, 0.05) is 12.6 Å². The SMILES string of the molecule is Cc1c(C(F)(F)F)c2scc(C)c2n(C)c1=O. The van der Waals surface area contributed by atoms with E-state index in [0.717, 1.165) is 11.3 Å². The Bertz CT molecular complexity index is 651. The van der Waals surface area contributed by atoms with Gasteiger partial charge >= 0.3 is 6.18 Å². The van der Waals surface area contributed by atoms with Crippen LogP contribution in [0.3, 0.4) is 0 Å². The average Bonchev–Trinajstić information content (AvgIpc) is 2.55. The van der Waals surface area contributed by atoms with Crippen LogP contribution in [-0.4, -0.2) is 4.57 Å². The summed E-state index contributed by atoms with van der Waals surface area (Å²) in [6, 6.07) is 0. The third-order valence-electron chi connectivity index (χ3n) is 2.79. The molecule has 0 aliphatic carbocycles. The zero-order valence-corrected chi connectivity index (χ0v) is 10.3. The summed E-state index contributed by atoms with van der Waals surface area (Å²) in [6.45, 7) is 2.92. The van der Waals surface area contributed by atoms with Crippen molar-refractivity contribution in [1.82, 2.24) is 4.57 Å². The molecule has 6 heteroatoms. The van der Waals surface area contributed by atoms with E-state index in [4.69, 9.17) is 0 Å². The largest absolute Gasteiger partial charge is 0.418 e. The minimum Gasteiger partial charge on any atom is -0.310 e. The van der Waals surface area contributed by atoms with E-state index in [9.17, 15) is 18.0 Å². The normalized spacial score (nSPS) is 12.4. The minimum absolute atomic E-state index is 0.134. The molecule has 17 heavy (non-hydrogen) atoms. The van der Waals surface area contributed by atoms with Crippen molar-refractivity contribution < 1.29 is 13.2 Å². The monoisotopic (exact) mass is 261 g/mol. The molecular weight excluding hydrogens is 251 g/mol. The number of halogens is 3. The second-order valence-corrected chi connectivity index (χ2v) is 4.84. The topological polar surface area (TPSA) is 22.0 Å². The van der Waals surface area contributed by atoms with E-state index in [1.807, 2.05) is 0 Å². The van der Waals surface area contributed by atoms with E-state index in [1.165, 1.54) is 18.5 Å². The van der Waals surface area contributed by atoms with Gasteiger partial charge in [0.15, 0.2) is 0 Å². The van der Waals surface area contributed by atoms with E-state index in [2.05, 4.69) is 0 Å². The predicted molar refractivity (Wildman–Crippen MR) is 61.5 cm³/mol. The molecular formula is C11H10F3NOS. The van der Waals surface area contributed by atoms with Crippen LogP contribution >= 0.6 is 11.3 Å². The lowest BCUT2D eigenvalue weighted by molar-refractivity contribution is -0.136. The predicted octanol–water partition coefficient (Wildman–Crippen LogP) is 3.24. The number of alkyl halides is 3. The molecule has 0 unspecified atom stereocenters. The standard InChI is InChI=1S/C11H10F3NOS/c1-5-4-17-9-7(11(12,13)14)6(2)10(16)15(3)8(5)9/h4H,1-3H3. The van der Waals surface area contributed by atoms with Crippen LogP contribution in [0, 0.1) is 13.8 Å². The quantitative estimate of drug-likeness (QED) is 0.713. The van der Waals surface area contributed by atoms with Gasteiger partial charge in [-0.2, -0.15) is 13.2 Å². The summed E-state index contributed by atoms with van der Waals surface area (Å²) in [5.41, 5.74) is -0.567. The Labute approximate surface area is 99.3 Å². The number of nitrogens with zero attached hydrogens (tertiary/aromatic N) is 1. The molecule has 2 rings (SSSR count). The van der Waals surface area contributed by atoms with Gasteiger partial charge in [-0.05, 0) is 24.8 Å². The van der Waals surface area contributed by atoms with Crippen LogP contribution in [0.25, 0.3) is 10.2 Å². The Morgan fingerprint density at radius 1 is 1.29 bits per heavy atom. The molecule has 0 bridgehead atoms. The second-order valence-electron chi connectivity index (χ2n) is 3.96. The number of pyridine rings is 1. The molecule has 0 atom stereocenters. The summed E-state index contributed by atoms with van der Waals surface area (Å²) < 4.78 is 40.3. The third kappa shape index (κ3) is 1.67. The molecule has 2 aromatic rings. The lowest BCUT2D eigenvalue weighted by Gasteiger charge is -2.13. The summed E-state index contributed by atoms with van der Waals surface area (Å²) in [5.74, 6) is 0. The maximum atomic E-state index is 13.0. The van der Waals surface area contributed by atoms with Crippen molar-refractivity contribution in [2.45, 2.75) is 20.0 Å². The number of aryl methyl sites for hydroxylation is 2. The first-order chi connectivity index (χ1) is 7.75. The summed E-state index contributed by atoms with van der Waals surface area (Å²) in [7, 11) is 1.50. The number of rotatable bonds is 0. The lowest BCUT2D eigenvalue weighted by Crippen LogP contribution is -2.24. The molecule has 0 radical (unpaired) electrons. The van der Waals surface area contributed by atoms with Crippen LogP contribution < -0.4 is 5.56 Å². The van der Waals surface area contributed by atoms with E-state index < -0.39 is 17.3 Å². The number of hydrogen-bond donors (Lipinski definition) is 0. The van der Waals surface area contributed by atoms with Crippen molar-refractivity contribution in [2.24, 2.45) is 7.05 Å². The number of fused-ring (bicyclic) bond motifs is 1. The number of thiophene rings is 1. The number of aromatic nitrogens is 1. The van der Waals surface area contributed by atoms with Gasteiger partial charge in [0.2, 0.25) is 0 Å². The van der Waals surface area contributed by atoms with Crippen LogP contribution in [0.1, 0.15) is 16.7 Å². The van der Waals surface area contributed by atoms with E-state index in [1.54, 1.807) is 12.3 Å². The molecule has 0 N–H and O–H groups in total. The van der Waals surface area contributed by atoms with E-state index in [0.29, 0.717) is 11.1 Å². The van der Waals surface area contributed by atoms with E-state index in [-0.39, 0.29) is 10.3 Å². The van der Waals surface area contributed by atoms with Gasteiger partial charge in [0.25, 0.3) is 5.56 Å². The van der Waals surface area contributed by atoms with Gasteiger partial charge in [-0.25, -0.2) is 0 Å². The maximum absolute atomic E-state index is 13.0. The van der Waals surface area contributed by atoms with Crippen molar-refractivity contribution >= 4 is 21.6 Å². The second kappa shape index (κ2) is 3.60. The first-order valence-electron chi connectivity index (χ1n) is 4.89. The van der Waals surface area contributed by atoms with E-state index >= 15 is 0 Å². The molecule has 2 nitrogen and oxygen atoms in total. The first-order valence-corrected chi connectivity index (χ1v) is 5.77. The van der Waals surface area contributed by atoms with Gasteiger partial charge in [0.05, 0.1) is 15.8 Å². The molecule has 92 valence electrons. The van der Waals surface area contributed by atoms with Crippen LogP contribution in [0.5, 0.6) is 0 Å². The van der Waals surface area contributed by atoms with Gasteiger partial charge in [-0.1, -0.05) is 0 Å². The highest BCUT2D eigenvalue weighted by atomic mass is 32.1. The van der Waals surface area contributed by atoms with Crippen LogP contribution in [0.15, 0.2) is 10.2 Å². The van der Waals surface area contributed by atoms with Gasteiger partial charge in [-0.3, -0.25) is 4.79 Å². The molecule has 0 saturated carbocycles. The molecule has 2 heterocycles. The van der Waals surface area contributed by atoms with Gasteiger partial charge in [0.1, 0.15) is 0 Å². The summed E-state index contributed by atoms with van der Waals surface area (Å²) >= 11 is 1.02. The Morgan fingerprint density at radius 3 is 2.41 bits per heavy atom. The zero-order chi connectivity index (χ0) is 13.0. The Hall–Kier alpha value is -1.30. The molecule has 0 aromatic carbocycles. The minimum atomic E-state index is -4.49. The highest BCUT2D eigenvalue weighted by Gasteiger charge is 2.37. The average molecular weight is 261 g/mol. The Morgan fingerprint density at radius 2 is 1.88 bits per heavy atom. The molecule has 0 fully saturated rings. The fourth-order valence-electron chi connectivity index (χ4n) is 2.00. The smallest absolute Gasteiger partial charge is 0.310 e. The fraction of sp³-hybridized carbons (Fsp3) is 0.364. The molecule has 0 amide bonds. The van der Waals surface area contributed by atoms with Crippen molar-refractivity contribution in [3.63, 3.8) is 0 Å². The van der Waals surface area contributed by atoms with Gasteiger partial charge < -0.3 is 4.57 Å². The highest BCUT2D eigenvalue weighted by molar-refractivity contribution is 7.17. The number of hydrogen-bond acceptors (Lipinski definition) is 2.